The molecule has 0 spiro atoms. The molecular weight excluding hydrogens is 334 g/mol. The van der Waals surface area contributed by atoms with Crippen molar-refractivity contribution in [2.45, 2.75) is 26.8 Å². The van der Waals surface area contributed by atoms with Gasteiger partial charge in [-0.2, -0.15) is 10.1 Å². The molecule has 26 heavy (non-hydrogen) atoms. The molecule has 1 amide bonds. The summed E-state index contributed by atoms with van der Waals surface area (Å²) in [6.45, 7) is 4.49. The SMILES string of the molecule is CCCNC(=O)c1nc(Cn2nc(-c3ccc(C)cc3)ccc2=O)no1. The fourth-order valence-corrected chi connectivity index (χ4v) is 2.30. The van der Waals surface area contributed by atoms with Crippen LogP contribution in [0.3, 0.4) is 0 Å². The molecule has 2 aromatic heterocycles. The first-order valence-electron chi connectivity index (χ1n) is 8.33. The van der Waals surface area contributed by atoms with Gasteiger partial charge in [0.2, 0.25) is 0 Å². The van der Waals surface area contributed by atoms with Crippen LogP contribution >= 0.6 is 0 Å². The van der Waals surface area contributed by atoms with E-state index in [1.807, 2.05) is 38.1 Å². The number of rotatable bonds is 6. The van der Waals surface area contributed by atoms with Crippen molar-refractivity contribution >= 4 is 5.91 Å². The number of carbonyl (C=O) groups is 1. The summed E-state index contributed by atoms with van der Waals surface area (Å²) < 4.78 is 6.19. The van der Waals surface area contributed by atoms with Crippen LogP contribution in [0.5, 0.6) is 0 Å². The zero-order valence-corrected chi connectivity index (χ0v) is 14.6. The highest BCUT2D eigenvalue weighted by Crippen LogP contribution is 2.15. The molecular formula is C18H19N5O3. The minimum Gasteiger partial charge on any atom is -0.348 e. The van der Waals surface area contributed by atoms with Crippen LogP contribution in [0.15, 0.2) is 45.7 Å². The lowest BCUT2D eigenvalue weighted by atomic mass is 10.1. The number of carbonyl (C=O) groups excluding carboxylic acids is 1. The van der Waals surface area contributed by atoms with Gasteiger partial charge >= 0.3 is 11.8 Å². The molecule has 8 nitrogen and oxygen atoms in total. The first-order valence-corrected chi connectivity index (χ1v) is 8.33. The highest BCUT2D eigenvalue weighted by atomic mass is 16.5. The highest BCUT2D eigenvalue weighted by molar-refractivity contribution is 5.89. The monoisotopic (exact) mass is 353 g/mol. The summed E-state index contributed by atoms with van der Waals surface area (Å²) in [4.78, 5) is 27.9. The molecule has 0 bridgehead atoms. The van der Waals surface area contributed by atoms with Gasteiger partial charge in [-0.3, -0.25) is 9.59 Å². The molecule has 0 radical (unpaired) electrons. The summed E-state index contributed by atoms with van der Waals surface area (Å²) in [6, 6.07) is 11.0. The molecule has 8 heteroatoms. The van der Waals surface area contributed by atoms with Crippen molar-refractivity contribution in [2.24, 2.45) is 0 Å². The maximum Gasteiger partial charge on any atom is 0.316 e. The number of nitrogens with one attached hydrogen (secondary N) is 1. The summed E-state index contributed by atoms with van der Waals surface area (Å²) >= 11 is 0. The van der Waals surface area contributed by atoms with Crippen molar-refractivity contribution in [3.05, 3.63) is 64.0 Å². The fourth-order valence-electron chi connectivity index (χ4n) is 2.30. The van der Waals surface area contributed by atoms with Crippen LogP contribution in [0.4, 0.5) is 0 Å². The zero-order chi connectivity index (χ0) is 18.5. The first-order chi connectivity index (χ1) is 12.6. The van der Waals surface area contributed by atoms with Gasteiger partial charge in [0.05, 0.1) is 5.69 Å². The van der Waals surface area contributed by atoms with E-state index < -0.39 is 5.91 Å². The topological polar surface area (TPSA) is 103 Å². The van der Waals surface area contributed by atoms with E-state index in [4.69, 9.17) is 4.52 Å². The van der Waals surface area contributed by atoms with Gasteiger partial charge in [0, 0.05) is 18.2 Å². The molecule has 2 heterocycles. The number of nitrogens with zero attached hydrogens (tertiary/aromatic N) is 4. The molecule has 0 aliphatic carbocycles. The average Bonchev–Trinajstić information content (AvgIpc) is 3.11. The second kappa shape index (κ2) is 7.73. The maximum atomic E-state index is 12.1. The van der Waals surface area contributed by atoms with E-state index in [9.17, 15) is 9.59 Å². The van der Waals surface area contributed by atoms with Crippen LogP contribution in [0.25, 0.3) is 11.3 Å². The molecule has 0 fully saturated rings. The lowest BCUT2D eigenvalue weighted by Crippen LogP contribution is -2.25. The van der Waals surface area contributed by atoms with Gasteiger partial charge in [0.1, 0.15) is 6.54 Å². The average molecular weight is 353 g/mol. The Hall–Kier alpha value is -3.29. The van der Waals surface area contributed by atoms with E-state index in [0.29, 0.717) is 12.2 Å². The maximum absolute atomic E-state index is 12.1. The lowest BCUT2D eigenvalue weighted by molar-refractivity contribution is 0.0910. The zero-order valence-electron chi connectivity index (χ0n) is 14.6. The van der Waals surface area contributed by atoms with E-state index in [1.165, 1.54) is 10.7 Å². The molecule has 0 saturated heterocycles. The van der Waals surface area contributed by atoms with E-state index in [1.54, 1.807) is 6.07 Å². The molecule has 1 N–H and O–H groups in total. The Morgan fingerprint density at radius 1 is 1.19 bits per heavy atom. The number of amides is 1. The van der Waals surface area contributed by atoms with Crippen LogP contribution in [0.2, 0.25) is 0 Å². The minimum absolute atomic E-state index is 0.0170. The number of hydrogen-bond donors (Lipinski definition) is 1. The van der Waals surface area contributed by atoms with Crippen LogP contribution in [-0.2, 0) is 6.54 Å². The normalized spacial score (nSPS) is 10.7. The number of aryl methyl sites for hydroxylation is 1. The summed E-state index contributed by atoms with van der Waals surface area (Å²) in [5.41, 5.74) is 2.41. The Balaban J connectivity index is 1.81. The van der Waals surface area contributed by atoms with Crippen molar-refractivity contribution in [3.8, 4) is 11.3 Å². The van der Waals surface area contributed by atoms with Crippen LogP contribution in [0.1, 0.15) is 35.4 Å². The number of hydrogen-bond acceptors (Lipinski definition) is 6. The molecule has 0 aliphatic heterocycles. The summed E-state index contributed by atoms with van der Waals surface area (Å²) in [6.07, 6.45) is 0.803. The van der Waals surface area contributed by atoms with Crippen molar-refractivity contribution in [3.63, 3.8) is 0 Å². The summed E-state index contributed by atoms with van der Waals surface area (Å²) in [7, 11) is 0. The van der Waals surface area contributed by atoms with Gasteiger partial charge < -0.3 is 9.84 Å². The Bertz CT molecular complexity index is 959. The smallest absolute Gasteiger partial charge is 0.316 e. The van der Waals surface area contributed by atoms with E-state index in [0.717, 1.165) is 17.5 Å². The Kier molecular flexibility index (Phi) is 5.21. The van der Waals surface area contributed by atoms with Crippen molar-refractivity contribution < 1.29 is 9.32 Å². The minimum atomic E-state index is -0.431. The largest absolute Gasteiger partial charge is 0.348 e. The Labute approximate surface area is 149 Å². The quantitative estimate of drug-likeness (QED) is 0.725. The van der Waals surface area contributed by atoms with Gasteiger partial charge in [0.15, 0.2) is 5.82 Å². The molecule has 0 aliphatic rings. The second-order valence-electron chi connectivity index (χ2n) is 5.85. The standard InChI is InChI=1S/C18H19N5O3/c1-3-10-19-17(25)18-20-15(22-26-18)11-23-16(24)9-8-14(21-23)13-6-4-12(2)5-7-13/h4-9H,3,10-11H2,1-2H3,(H,19,25). The van der Waals surface area contributed by atoms with Crippen LogP contribution in [0, 0.1) is 6.92 Å². The van der Waals surface area contributed by atoms with Gasteiger partial charge in [0.25, 0.3) is 5.56 Å². The van der Waals surface area contributed by atoms with E-state index in [2.05, 4.69) is 20.6 Å². The molecule has 0 atom stereocenters. The third-order valence-electron chi connectivity index (χ3n) is 3.70. The number of benzene rings is 1. The van der Waals surface area contributed by atoms with Gasteiger partial charge in [-0.15, -0.1) is 0 Å². The molecule has 1 aromatic carbocycles. The summed E-state index contributed by atoms with van der Waals surface area (Å²) in [5, 5.41) is 10.8. The molecule has 0 unspecified atom stereocenters. The van der Waals surface area contributed by atoms with E-state index in [-0.39, 0.29) is 23.8 Å². The second-order valence-corrected chi connectivity index (χ2v) is 5.85. The predicted molar refractivity (Wildman–Crippen MR) is 94.7 cm³/mol. The fraction of sp³-hybridized carbons (Fsp3) is 0.278. The third kappa shape index (κ3) is 4.02. The van der Waals surface area contributed by atoms with Crippen molar-refractivity contribution in [1.82, 2.24) is 25.2 Å². The lowest BCUT2D eigenvalue weighted by Gasteiger charge is -2.05. The summed E-state index contributed by atoms with van der Waals surface area (Å²) in [5.74, 6) is -0.349. The van der Waals surface area contributed by atoms with Gasteiger partial charge in [-0.05, 0) is 19.4 Å². The van der Waals surface area contributed by atoms with Gasteiger partial charge in [-0.25, -0.2) is 4.68 Å². The molecule has 3 aromatic rings. The molecule has 0 saturated carbocycles. The number of aromatic nitrogens is 4. The van der Waals surface area contributed by atoms with Crippen LogP contribution in [-0.4, -0.2) is 32.4 Å². The first kappa shape index (κ1) is 17.5. The predicted octanol–water partition coefficient (Wildman–Crippen LogP) is 1.79. The van der Waals surface area contributed by atoms with Gasteiger partial charge in [-0.1, -0.05) is 41.9 Å². The van der Waals surface area contributed by atoms with E-state index >= 15 is 0 Å². The van der Waals surface area contributed by atoms with Crippen LogP contribution < -0.4 is 10.9 Å². The highest BCUT2D eigenvalue weighted by Gasteiger charge is 2.15. The molecule has 134 valence electrons. The van der Waals surface area contributed by atoms with Crippen molar-refractivity contribution in [2.75, 3.05) is 6.54 Å². The molecule has 3 rings (SSSR count). The van der Waals surface area contributed by atoms with Crippen molar-refractivity contribution in [1.29, 1.82) is 0 Å². The Morgan fingerprint density at radius 2 is 1.96 bits per heavy atom. The third-order valence-corrected chi connectivity index (χ3v) is 3.70. The Morgan fingerprint density at radius 3 is 2.69 bits per heavy atom.